The number of hydrogen-bond acceptors (Lipinski definition) is 1. The molecule has 16 heavy (non-hydrogen) atoms. The second-order valence-corrected chi connectivity index (χ2v) is 5.72. The van der Waals surface area contributed by atoms with E-state index in [2.05, 4.69) is 0 Å². The topological polar surface area (TPSA) is 0 Å². The summed E-state index contributed by atoms with van der Waals surface area (Å²) in [4.78, 5) is 1.01. The third-order valence-corrected chi connectivity index (χ3v) is 4.07. The molecule has 1 unspecified atom stereocenters. The van der Waals surface area contributed by atoms with Gasteiger partial charge >= 0.3 is 0 Å². The molecule has 2 aromatic rings. The molecule has 0 nitrogen and oxygen atoms in total. The van der Waals surface area contributed by atoms with Crippen molar-refractivity contribution < 1.29 is 4.39 Å². The normalized spacial score (nSPS) is 12.7. The molecule has 0 N–H and O–H groups in total. The van der Waals surface area contributed by atoms with Crippen molar-refractivity contribution in [2.45, 2.75) is 11.8 Å². The Balaban J connectivity index is 2.10. The first-order chi connectivity index (χ1) is 7.65. The highest BCUT2D eigenvalue weighted by Gasteiger charge is 2.11. The van der Waals surface area contributed by atoms with Crippen LogP contribution in [0.4, 0.5) is 4.39 Å². The Hall–Kier alpha value is -0.570. The minimum Gasteiger partial charge on any atom is -0.207 e. The summed E-state index contributed by atoms with van der Waals surface area (Å²) in [5.74, 6) is -0.231. The fourth-order valence-electron chi connectivity index (χ4n) is 1.47. The van der Waals surface area contributed by atoms with Gasteiger partial charge in [0.2, 0.25) is 0 Å². The quantitative estimate of drug-likeness (QED) is 0.686. The molecular weight excluding hydrogens is 266 g/mol. The number of thiophene rings is 1. The standard InChI is InChI=1S/C12H9Cl2FS/c13-10(11-4-5-12(14)16-11)7-8-2-1-3-9(15)6-8/h1-6,10H,7H2. The molecule has 0 fully saturated rings. The zero-order valence-electron chi connectivity index (χ0n) is 8.29. The van der Waals surface area contributed by atoms with Crippen LogP contribution in [0.1, 0.15) is 15.8 Å². The third-order valence-electron chi connectivity index (χ3n) is 2.21. The minimum absolute atomic E-state index is 0.153. The summed E-state index contributed by atoms with van der Waals surface area (Å²) in [7, 11) is 0. The van der Waals surface area contributed by atoms with Crippen molar-refractivity contribution in [2.24, 2.45) is 0 Å². The lowest BCUT2D eigenvalue weighted by molar-refractivity contribution is 0.625. The molecule has 0 aliphatic rings. The number of rotatable bonds is 3. The largest absolute Gasteiger partial charge is 0.207 e. The van der Waals surface area contributed by atoms with Crippen molar-refractivity contribution in [3.63, 3.8) is 0 Å². The zero-order chi connectivity index (χ0) is 11.5. The second-order valence-electron chi connectivity index (χ2n) is 3.44. The van der Waals surface area contributed by atoms with Gasteiger partial charge in [-0.05, 0) is 36.2 Å². The van der Waals surface area contributed by atoms with E-state index in [1.54, 1.807) is 6.07 Å². The Morgan fingerprint density at radius 3 is 2.69 bits per heavy atom. The van der Waals surface area contributed by atoms with E-state index in [-0.39, 0.29) is 11.2 Å². The number of hydrogen-bond donors (Lipinski definition) is 0. The van der Waals surface area contributed by atoms with Crippen LogP contribution in [0, 0.1) is 5.82 Å². The maximum absolute atomic E-state index is 13.0. The monoisotopic (exact) mass is 274 g/mol. The summed E-state index contributed by atoms with van der Waals surface area (Å²) < 4.78 is 13.7. The zero-order valence-corrected chi connectivity index (χ0v) is 10.6. The highest BCUT2D eigenvalue weighted by Crippen LogP contribution is 2.33. The van der Waals surface area contributed by atoms with E-state index in [1.165, 1.54) is 23.5 Å². The maximum Gasteiger partial charge on any atom is 0.123 e. The summed E-state index contributed by atoms with van der Waals surface area (Å²) in [6, 6.07) is 10.2. The van der Waals surface area contributed by atoms with Crippen LogP contribution in [0.25, 0.3) is 0 Å². The van der Waals surface area contributed by atoms with Gasteiger partial charge in [-0.3, -0.25) is 0 Å². The molecule has 1 aromatic carbocycles. The fourth-order valence-corrected chi connectivity index (χ4v) is 2.89. The highest BCUT2D eigenvalue weighted by molar-refractivity contribution is 7.16. The number of alkyl halides is 1. The van der Waals surface area contributed by atoms with E-state index < -0.39 is 0 Å². The van der Waals surface area contributed by atoms with Crippen molar-refractivity contribution >= 4 is 34.5 Å². The molecule has 0 aliphatic heterocycles. The molecule has 0 spiro atoms. The molecule has 84 valence electrons. The molecule has 1 atom stereocenters. The molecule has 0 saturated heterocycles. The first-order valence-electron chi connectivity index (χ1n) is 4.79. The van der Waals surface area contributed by atoms with E-state index in [1.807, 2.05) is 18.2 Å². The van der Waals surface area contributed by atoms with E-state index in [9.17, 15) is 4.39 Å². The Bertz CT molecular complexity index is 481. The summed E-state index contributed by atoms with van der Waals surface area (Å²) in [6.45, 7) is 0. The van der Waals surface area contributed by atoms with E-state index in [0.717, 1.165) is 14.8 Å². The Morgan fingerprint density at radius 1 is 1.25 bits per heavy atom. The lowest BCUT2D eigenvalue weighted by atomic mass is 10.1. The van der Waals surface area contributed by atoms with Crippen LogP contribution in [0.3, 0.4) is 0 Å². The molecule has 0 aliphatic carbocycles. The third kappa shape index (κ3) is 2.97. The second kappa shape index (κ2) is 5.17. The summed E-state index contributed by atoms with van der Waals surface area (Å²) >= 11 is 13.5. The average molecular weight is 275 g/mol. The first-order valence-corrected chi connectivity index (χ1v) is 6.42. The number of benzene rings is 1. The van der Waals surface area contributed by atoms with Crippen molar-refractivity contribution in [1.82, 2.24) is 0 Å². The Labute approximate surface area is 108 Å². The molecule has 0 amide bonds. The van der Waals surface area contributed by atoms with E-state index in [0.29, 0.717) is 6.42 Å². The van der Waals surface area contributed by atoms with Crippen LogP contribution < -0.4 is 0 Å². The first kappa shape index (κ1) is 11.9. The molecule has 0 radical (unpaired) electrons. The maximum atomic E-state index is 13.0. The van der Waals surface area contributed by atoms with Crippen LogP contribution >= 0.6 is 34.5 Å². The highest BCUT2D eigenvalue weighted by atomic mass is 35.5. The van der Waals surface area contributed by atoms with Crippen LogP contribution in [0.5, 0.6) is 0 Å². The SMILES string of the molecule is Fc1cccc(CC(Cl)c2ccc(Cl)s2)c1. The van der Waals surface area contributed by atoms with Crippen molar-refractivity contribution in [2.75, 3.05) is 0 Å². The molecule has 1 aromatic heterocycles. The van der Waals surface area contributed by atoms with Crippen molar-refractivity contribution in [3.8, 4) is 0 Å². The van der Waals surface area contributed by atoms with Crippen LogP contribution in [0.15, 0.2) is 36.4 Å². The van der Waals surface area contributed by atoms with Gasteiger partial charge in [0.15, 0.2) is 0 Å². The average Bonchev–Trinajstić information content (AvgIpc) is 2.65. The molecule has 4 heteroatoms. The van der Waals surface area contributed by atoms with Gasteiger partial charge < -0.3 is 0 Å². The lowest BCUT2D eigenvalue weighted by Crippen LogP contribution is -1.93. The van der Waals surface area contributed by atoms with Gasteiger partial charge in [0.1, 0.15) is 5.82 Å². The van der Waals surface area contributed by atoms with Gasteiger partial charge in [-0.2, -0.15) is 0 Å². The van der Waals surface area contributed by atoms with Gasteiger partial charge in [0, 0.05) is 4.88 Å². The minimum atomic E-state index is -0.231. The van der Waals surface area contributed by atoms with Crippen LogP contribution in [-0.2, 0) is 6.42 Å². The predicted molar refractivity (Wildman–Crippen MR) is 68.0 cm³/mol. The lowest BCUT2D eigenvalue weighted by Gasteiger charge is -2.07. The van der Waals surface area contributed by atoms with E-state index in [4.69, 9.17) is 23.2 Å². The molecule has 1 heterocycles. The van der Waals surface area contributed by atoms with E-state index >= 15 is 0 Å². The number of halogens is 3. The van der Waals surface area contributed by atoms with Gasteiger partial charge in [-0.15, -0.1) is 22.9 Å². The molecular formula is C12H9Cl2FS. The van der Waals surface area contributed by atoms with Crippen molar-refractivity contribution in [3.05, 3.63) is 57.0 Å². The predicted octanol–water partition coefficient (Wildman–Crippen LogP) is 5.06. The fraction of sp³-hybridized carbons (Fsp3) is 0.167. The van der Waals surface area contributed by atoms with Crippen LogP contribution in [-0.4, -0.2) is 0 Å². The molecule has 2 rings (SSSR count). The summed E-state index contributed by atoms with van der Waals surface area (Å²) in [6.07, 6.45) is 0.607. The van der Waals surface area contributed by atoms with Gasteiger partial charge in [-0.1, -0.05) is 23.7 Å². The smallest absolute Gasteiger partial charge is 0.123 e. The van der Waals surface area contributed by atoms with Gasteiger partial charge in [0.05, 0.1) is 9.71 Å². The Morgan fingerprint density at radius 2 is 2.06 bits per heavy atom. The summed E-state index contributed by atoms with van der Waals surface area (Å²) in [5, 5.41) is -0.153. The van der Waals surface area contributed by atoms with Gasteiger partial charge in [0.25, 0.3) is 0 Å². The van der Waals surface area contributed by atoms with Crippen molar-refractivity contribution in [1.29, 1.82) is 0 Å². The Kier molecular flexibility index (Phi) is 3.85. The van der Waals surface area contributed by atoms with Crippen LogP contribution in [0.2, 0.25) is 4.34 Å². The molecule has 0 bridgehead atoms. The van der Waals surface area contributed by atoms with Gasteiger partial charge in [-0.25, -0.2) is 4.39 Å². The molecule has 0 saturated carbocycles. The summed E-state index contributed by atoms with van der Waals surface area (Å²) in [5.41, 5.74) is 0.893.